The Morgan fingerprint density at radius 1 is 0.889 bits per heavy atom. The van der Waals surface area contributed by atoms with Crippen LogP contribution >= 0.6 is 0 Å². The van der Waals surface area contributed by atoms with Crippen LogP contribution in [-0.4, -0.2) is 27.0 Å². The SMILES string of the molecule is O=C(Cn1c(=O)n(CCCCC(=O)NC2CCCCC2)c(=O)c2ccccc21)Nc1ccccc1F. The van der Waals surface area contributed by atoms with Crippen LogP contribution in [0.2, 0.25) is 0 Å². The highest BCUT2D eigenvalue weighted by Crippen LogP contribution is 2.17. The number of halogens is 1. The molecule has 4 rings (SSSR count). The maximum Gasteiger partial charge on any atom is 0.331 e. The van der Waals surface area contributed by atoms with Gasteiger partial charge in [-0.2, -0.15) is 0 Å². The minimum atomic E-state index is -0.617. The van der Waals surface area contributed by atoms with Gasteiger partial charge >= 0.3 is 5.69 Å². The van der Waals surface area contributed by atoms with Gasteiger partial charge in [0.1, 0.15) is 12.4 Å². The quantitative estimate of drug-likeness (QED) is 0.444. The van der Waals surface area contributed by atoms with Crippen molar-refractivity contribution in [2.24, 2.45) is 0 Å². The highest BCUT2D eigenvalue weighted by atomic mass is 19.1. The minimum absolute atomic E-state index is 0.00464. The molecule has 2 aromatic carbocycles. The maximum atomic E-state index is 13.9. The Bertz CT molecular complexity index is 1360. The van der Waals surface area contributed by atoms with Crippen molar-refractivity contribution in [3.8, 4) is 0 Å². The van der Waals surface area contributed by atoms with Gasteiger partial charge in [0.05, 0.1) is 16.6 Å². The van der Waals surface area contributed by atoms with E-state index in [1.54, 1.807) is 30.3 Å². The molecule has 3 aromatic rings. The molecule has 9 heteroatoms. The number of para-hydroxylation sites is 2. The standard InChI is InChI=1S/C27H31FN4O4/c28-21-13-5-6-14-22(21)30-25(34)18-32-23-15-7-4-12-20(23)26(35)31(27(32)36)17-9-8-16-24(33)29-19-10-2-1-3-11-19/h4-7,12-15,19H,1-3,8-11,16-18H2,(H,29,33)(H,30,34). The smallest absolute Gasteiger partial charge is 0.331 e. The first kappa shape index (κ1) is 25.3. The van der Waals surface area contributed by atoms with E-state index in [-0.39, 0.29) is 30.7 Å². The van der Waals surface area contributed by atoms with Gasteiger partial charge in [-0.1, -0.05) is 43.5 Å². The predicted molar refractivity (Wildman–Crippen MR) is 136 cm³/mol. The van der Waals surface area contributed by atoms with Gasteiger partial charge < -0.3 is 10.6 Å². The van der Waals surface area contributed by atoms with Crippen molar-refractivity contribution in [2.45, 2.75) is 70.5 Å². The van der Waals surface area contributed by atoms with Crippen LogP contribution in [0.25, 0.3) is 10.9 Å². The molecule has 1 fully saturated rings. The predicted octanol–water partition coefficient (Wildman–Crippen LogP) is 3.56. The highest BCUT2D eigenvalue weighted by Gasteiger charge is 2.17. The van der Waals surface area contributed by atoms with Gasteiger partial charge in [0.25, 0.3) is 5.56 Å². The van der Waals surface area contributed by atoms with Crippen LogP contribution in [0.15, 0.2) is 58.1 Å². The number of hydrogen-bond donors (Lipinski definition) is 2. The molecule has 36 heavy (non-hydrogen) atoms. The van der Waals surface area contributed by atoms with E-state index in [1.807, 2.05) is 0 Å². The van der Waals surface area contributed by atoms with Gasteiger partial charge in [0, 0.05) is 19.0 Å². The molecule has 0 unspecified atom stereocenters. The van der Waals surface area contributed by atoms with E-state index in [4.69, 9.17) is 0 Å². The topological polar surface area (TPSA) is 102 Å². The monoisotopic (exact) mass is 494 g/mol. The summed E-state index contributed by atoms with van der Waals surface area (Å²) >= 11 is 0. The molecule has 8 nitrogen and oxygen atoms in total. The molecular formula is C27H31FN4O4. The first-order valence-corrected chi connectivity index (χ1v) is 12.5. The fourth-order valence-electron chi connectivity index (χ4n) is 4.72. The number of carbonyl (C=O) groups excluding carboxylic acids is 2. The fourth-order valence-corrected chi connectivity index (χ4v) is 4.72. The van der Waals surface area contributed by atoms with Crippen LogP contribution in [0, 0.1) is 5.82 Å². The normalized spacial score (nSPS) is 14.0. The van der Waals surface area contributed by atoms with Crippen molar-refractivity contribution in [1.82, 2.24) is 14.5 Å². The number of benzene rings is 2. The van der Waals surface area contributed by atoms with E-state index in [9.17, 15) is 23.6 Å². The van der Waals surface area contributed by atoms with E-state index >= 15 is 0 Å². The minimum Gasteiger partial charge on any atom is -0.353 e. The fraction of sp³-hybridized carbons (Fsp3) is 0.407. The second-order valence-electron chi connectivity index (χ2n) is 9.23. The zero-order chi connectivity index (χ0) is 25.5. The van der Waals surface area contributed by atoms with Crippen LogP contribution in [0.1, 0.15) is 51.4 Å². The molecule has 1 heterocycles. The highest BCUT2D eigenvalue weighted by molar-refractivity contribution is 5.91. The molecule has 2 N–H and O–H groups in total. The first-order chi connectivity index (χ1) is 17.4. The Morgan fingerprint density at radius 2 is 1.61 bits per heavy atom. The Morgan fingerprint density at radius 3 is 2.39 bits per heavy atom. The van der Waals surface area contributed by atoms with Gasteiger partial charge in [0.2, 0.25) is 11.8 Å². The van der Waals surface area contributed by atoms with Crippen molar-refractivity contribution >= 4 is 28.4 Å². The van der Waals surface area contributed by atoms with Gasteiger partial charge in [-0.3, -0.25) is 23.5 Å². The van der Waals surface area contributed by atoms with E-state index in [1.165, 1.54) is 29.2 Å². The third kappa shape index (κ3) is 6.08. The van der Waals surface area contributed by atoms with Gasteiger partial charge in [-0.25, -0.2) is 9.18 Å². The number of carbonyl (C=O) groups is 2. The maximum absolute atomic E-state index is 13.9. The number of amides is 2. The summed E-state index contributed by atoms with van der Waals surface area (Å²) in [7, 11) is 0. The van der Waals surface area contributed by atoms with Crippen LogP contribution in [0.5, 0.6) is 0 Å². The largest absolute Gasteiger partial charge is 0.353 e. The number of nitrogens with one attached hydrogen (secondary N) is 2. The lowest BCUT2D eigenvalue weighted by Gasteiger charge is -2.22. The molecule has 0 radical (unpaired) electrons. The number of nitrogens with zero attached hydrogens (tertiary/aromatic N) is 2. The van der Waals surface area contributed by atoms with E-state index in [0.29, 0.717) is 30.2 Å². The van der Waals surface area contributed by atoms with Crippen molar-refractivity contribution in [3.05, 3.63) is 75.2 Å². The summed E-state index contributed by atoms with van der Waals surface area (Å²) < 4.78 is 16.3. The number of hydrogen-bond acceptors (Lipinski definition) is 4. The summed E-state index contributed by atoms with van der Waals surface area (Å²) in [6.45, 7) is -0.244. The van der Waals surface area contributed by atoms with Crippen molar-refractivity contribution in [1.29, 1.82) is 0 Å². The second kappa shape index (κ2) is 11.8. The van der Waals surface area contributed by atoms with Crippen LogP contribution in [0.4, 0.5) is 10.1 Å². The third-order valence-electron chi connectivity index (χ3n) is 6.59. The molecule has 190 valence electrons. The molecular weight excluding hydrogens is 463 g/mol. The van der Waals surface area contributed by atoms with Crippen LogP contribution < -0.4 is 21.9 Å². The third-order valence-corrected chi connectivity index (χ3v) is 6.59. The van der Waals surface area contributed by atoms with Gasteiger partial charge in [-0.05, 0) is 49.9 Å². The lowest BCUT2D eigenvalue weighted by molar-refractivity contribution is -0.122. The van der Waals surface area contributed by atoms with Crippen LogP contribution in [0.3, 0.4) is 0 Å². The molecule has 1 aliphatic carbocycles. The molecule has 2 amide bonds. The number of rotatable bonds is 9. The summed E-state index contributed by atoms with van der Waals surface area (Å²) in [5, 5.41) is 5.86. The molecule has 1 aromatic heterocycles. The summed E-state index contributed by atoms with van der Waals surface area (Å²) in [4.78, 5) is 51.2. The lowest BCUT2D eigenvalue weighted by Crippen LogP contribution is -2.42. The molecule has 0 bridgehead atoms. The average molecular weight is 495 g/mol. The first-order valence-electron chi connectivity index (χ1n) is 12.5. The Labute approximate surface area is 208 Å². The zero-order valence-electron chi connectivity index (χ0n) is 20.2. The van der Waals surface area contributed by atoms with Crippen molar-refractivity contribution < 1.29 is 14.0 Å². The summed E-state index contributed by atoms with van der Waals surface area (Å²) in [5.41, 5.74) is -0.707. The lowest BCUT2D eigenvalue weighted by atomic mass is 9.95. The summed E-state index contributed by atoms with van der Waals surface area (Å²) in [5.74, 6) is -1.17. The van der Waals surface area contributed by atoms with E-state index < -0.39 is 23.0 Å². The van der Waals surface area contributed by atoms with E-state index in [2.05, 4.69) is 10.6 Å². The number of aromatic nitrogens is 2. The number of unbranched alkanes of at least 4 members (excludes halogenated alkanes) is 1. The van der Waals surface area contributed by atoms with Gasteiger partial charge in [-0.15, -0.1) is 0 Å². The molecule has 0 atom stereocenters. The molecule has 1 aliphatic rings. The molecule has 0 aliphatic heterocycles. The molecule has 0 spiro atoms. The Kier molecular flexibility index (Phi) is 8.30. The summed E-state index contributed by atoms with van der Waals surface area (Å²) in [6.07, 6.45) is 6.86. The Hall–Kier alpha value is -3.75. The zero-order valence-corrected chi connectivity index (χ0v) is 20.2. The summed E-state index contributed by atoms with van der Waals surface area (Å²) in [6, 6.07) is 12.6. The number of fused-ring (bicyclic) bond motifs is 1. The second-order valence-corrected chi connectivity index (χ2v) is 9.23. The van der Waals surface area contributed by atoms with E-state index in [0.717, 1.165) is 30.3 Å². The average Bonchev–Trinajstić information content (AvgIpc) is 2.88. The van der Waals surface area contributed by atoms with Crippen molar-refractivity contribution in [2.75, 3.05) is 5.32 Å². The van der Waals surface area contributed by atoms with Gasteiger partial charge in [0.15, 0.2) is 0 Å². The van der Waals surface area contributed by atoms with Crippen molar-refractivity contribution in [3.63, 3.8) is 0 Å². The molecule has 0 saturated heterocycles. The number of anilines is 1. The van der Waals surface area contributed by atoms with Crippen LogP contribution in [-0.2, 0) is 22.7 Å². The molecule has 1 saturated carbocycles. The Balaban J connectivity index is 1.46.